The summed E-state index contributed by atoms with van der Waals surface area (Å²) >= 11 is 0. The number of para-hydroxylation sites is 1. The number of rotatable bonds is 3. The first-order valence-electron chi connectivity index (χ1n) is 6.56. The summed E-state index contributed by atoms with van der Waals surface area (Å²) in [6.07, 6.45) is 1.15. The summed E-state index contributed by atoms with van der Waals surface area (Å²) in [5.74, 6) is 0.863. The number of nitrogens with one attached hydrogen (secondary N) is 2. The number of pyridine rings is 1. The first kappa shape index (κ1) is 13.7. The van der Waals surface area contributed by atoms with Gasteiger partial charge in [0.2, 0.25) is 0 Å². The molecule has 3 aromatic rings. The largest absolute Gasteiger partial charge is 0.453 e. The zero-order valence-electron chi connectivity index (χ0n) is 11.8. The summed E-state index contributed by atoms with van der Waals surface area (Å²) in [5, 5.41) is 14.5. The van der Waals surface area contributed by atoms with Crippen LogP contribution in [-0.4, -0.2) is 28.4 Å². The molecule has 2 aromatic heterocycles. The van der Waals surface area contributed by atoms with Crippen LogP contribution in [0.1, 0.15) is 0 Å². The van der Waals surface area contributed by atoms with Gasteiger partial charge in [-0.05, 0) is 24.3 Å². The predicted molar refractivity (Wildman–Crippen MR) is 83.1 cm³/mol. The molecule has 1 amide bonds. The monoisotopic (exact) mass is 295 g/mol. The van der Waals surface area contributed by atoms with Crippen molar-refractivity contribution in [2.45, 2.75) is 0 Å². The van der Waals surface area contributed by atoms with E-state index in [2.05, 4.69) is 30.6 Å². The highest BCUT2D eigenvalue weighted by Crippen LogP contribution is 2.23. The smallest absolute Gasteiger partial charge is 0.412 e. The van der Waals surface area contributed by atoms with E-state index >= 15 is 0 Å². The number of benzene rings is 1. The highest BCUT2D eigenvalue weighted by atomic mass is 16.5. The standard InChI is InChI=1S/C15H13N5O2/c1-22-15(21)18-13-8-7-12(19-20-13)17-11-6-2-4-10-5-3-9-16-14(10)11/h2-9H,1H3,(H,17,19)(H,18,20,21). The molecule has 0 aliphatic carbocycles. The third kappa shape index (κ3) is 2.93. The van der Waals surface area contributed by atoms with Crippen LogP contribution < -0.4 is 10.6 Å². The third-order valence-electron chi connectivity index (χ3n) is 2.98. The Balaban J connectivity index is 1.82. The molecule has 110 valence electrons. The SMILES string of the molecule is COC(=O)Nc1ccc(Nc2cccc3cccnc23)nn1. The fraction of sp³-hybridized carbons (Fsp3) is 0.0667. The van der Waals surface area contributed by atoms with Crippen molar-refractivity contribution in [2.75, 3.05) is 17.7 Å². The number of nitrogens with zero attached hydrogens (tertiary/aromatic N) is 3. The van der Waals surface area contributed by atoms with Crippen molar-refractivity contribution in [3.8, 4) is 0 Å². The van der Waals surface area contributed by atoms with Gasteiger partial charge >= 0.3 is 6.09 Å². The number of fused-ring (bicyclic) bond motifs is 1. The van der Waals surface area contributed by atoms with E-state index in [1.54, 1.807) is 18.3 Å². The molecule has 0 saturated heterocycles. The van der Waals surface area contributed by atoms with Gasteiger partial charge in [0.05, 0.1) is 18.3 Å². The summed E-state index contributed by atoms with van der Waals surface area (Å²) < 4.78 is 4.49. The van der Waals surface area contributed by atoms with Gasteiger partial charge in [0.25, 0.3) is 0 Å². The van der Waals surface area contributed by atoms with Crippen LogP contribution in [0.25, 0.3) is 10.9 Å². The average Bonchev–Trinajstić information content (AvgIpc) is 2.57. The molecule has 7 heteroatoms. The van der Waals surface area contributed by atoms with E-state index in [1.807, 2.05) is 30.3 Å². The van der Waals surface area contributed by atoms with Gasteiger partial charge in [-0.3, -0.25) is 10.3 Å². The Morgan fingerprint density at radius 3 is 2.59 bits per heavy atom. The van der Waals surface area contributed by atoms with Crippen molar-refractivity contribution in [1.82, 2.24) is 15.2 Å². The molecular weight excluding hydrogens is 282 g/mol. The van der Waals surface area contributed by atoms with Gasteiger partial charge in [0.15, 0.2) is 11.6 Å². The molecule has 0 saturated carbocycles. The maximum Gasteiger partial charge on any atom is 0.412 e. The Hall–Kier alpha value is -3.22. The zero-order chi connectivity index (χ0) is 15.4. The van der Waals surface area contributed by atoms with Crippen LogP contribution in [0, 0.1) is 0 Å². The van der Waals surface area contributed by atoms with Gasteiger partial charge in [-0.25, -0.2) is 4.79 Å². The second-order valence-electron chi connectivity index (χ2n) is 4.43. The third-order valence-corrected chi connectivity index (χ3v) is 2.98. The van der Waals surface area contributed by atoms with E-state index in [4.69, 9.17) is 0 Å². The minimum atomic E-state index is -0.590. The molecule has 0 aliphatic rings. The molecule has 0 aliphatic heterocycles. The first-order chi connectivity index (χ1) is 10.8. The molecule has 0 unspecified atom stereocenters. The zero-order valence-corrected chi connectivity index (χ0v) is 11.8. The minimum Gasteiger partial charge on any atom is -0.453 e. The Labute approximate surface area is 126 Å². The number of hydrogen-bond donors (Lipinski definition) is 2. The topological polar surface area (TPSA) is 89.0 Å². The Bertz CT molecular complexity index is 799. The fourth-order valence-electron chi connectivity index (χ4n) is 1.96. The normalized spacial score (nSPS) is 10.2. The number of hydrogen-bond acceptors (Lipinski definition) is 6. The number of carbonyl (C=O) groups excluding carboxylic acids is 1. The van der Waals surface area contributed by atoms with Crippen molar-refractivity contribution in [2.24, 2.45) is 0 Å². The second kappa shape index (κ2) is 6.04. The van der Waals surface area contributed by atoms with Crippen LogP contribution >= 0.6 is 0 Å². The van der Waals surface area contributed by atoms with Crippen LogP contribution in [0.5, 0.6) is 0 Å². The van der Waals surface area contributed by atoms with E-state index in [0.29, 0.717) is 11.6 Å². The van der Waals surface area contributed by atoms with Gasteiger partial charge in [0.1, 0.15) is 0 Å². The molecule has 0 atom stereocenters. The van der Waals surface area contributed by atoms with E-state index in [0.717, 1.165) is 16.6 Å². The van der Waals surface area contributed by atoms with Gasteiger partial charge in [0, 0.05) is 11.6 Å². The lowest BCUT2D eigenvalue weighted by Gasteiger charge is -2.08. The number of carbonyl (C=O) groups is 1. The number of aromatic nitrogens is 3. The predicted octanol–water partition coefficient (Wildman–Crippen LogP) is 2.95. The molecule has 0 fully saturated rings. The van der Waals surface area contributed by atoms with Crippen LogP contribution in [0.4, 0.5) is 22.1 Å². The second-order valence-corrected chi connectivity index (χ2v) is 4.43. The summed E-state index contributed by atoms with van der Waals surface area (Å²) in [7, 11) is 1.28. The van der Waals surface area contributed by atoms with Gasteiger partial charge in [-0.2, -0.15) is 0 Å². The summed E-state index contributed by atoms with van der Waals surface area (Å²) in [6, 6.07) is 13.1. The lowest BCUT2D eigenvalue weighted by atomic mass is 10.2. The van der Waals surface area contributed by atoms with E-state index in [9.17, 15) is 4.79 Å². The van der Waals surface area contributed by atoms with E-state index < -0.39 is 6.09 Å². The molecule has 2 N–H and O–H groups in total. The van der Waals surface area contributed by atoms with E-state index in [-0.39, 0.29) is 0 Å². The number of ether oxygens (including phenoxy) is 1. The Kier molecular flexibility index (Phi) is 3.78. The van der Waals surface area contributed by atoms with Crippen molar-refractivity contribution < 1.29 is 9.53 Å². The molecule has 0 bridgehead atoms. The highest BCUT2D eigenvalue weighted by molar-refractivity contribution is 5.91. The molecule has 3 rings (SSSR count). The maximum absolute atomic E-state index is 11.1. The lowest BCUT2D eigenvalue weighted by molar-refractivity contribution is 0.187. The summed E-state index contributed by atoms with van der Waals surface area (Å²) in [4.78, 5) is 15.4. The van der Waals surface area contributed by atoms with Gasteiger partial charge < -0.3 is 10.1 Å². The van der Waals surface area contributed by atoms with Crippen LogP contribution in [0.3, 0.4) is 0 Å². The van der Waals surface area contributed by atoms with Crippen molar-refractivity contribution in [3.63, 3.8) is 0 Å². The molecule has 1 aromatic carbocycles. The average molecular weight is 295 g/mol. The van der Waals surface area contributed by atoms with Gasteiger partial charge in [-0.1, -0.05) is 18.2 Å². The van der Waals surface area contributed by atoms with Crippen LogP contribution in [0.2, 0.25) is 0 Å². The quantitative estimate of drug-likeness (QED) is 0.772. The minimum absolute atomic E-state index is 0.313. The number of methoxy groups -OCH3 is 1. The first-order valence-corrected chi connectivity index (χ1v) is 6.56. The Morgan fingerprint density at radius 1 is 1.05 bits per heavy atom. The van der Waals surface area contributed by atoms with Gasteiger partial charge in [-0.15, -0.1) is 10.2 Å². The fourth-order valence-corrected chi connectivity index (χ4v) is 1.96. The molecule has 0 spiro atoms. The van der Waals surface area contributed by atoms with Crippen molar-refractivity contribution in [1.29, 1.82) is 0 Å². The van der Waals surface area contributed by atoms with Crippen LogP contribution in [0.15, 0.2) is 48.7 Å². The van der Waals surface area contributed by atoms with E-state index in [1.165, 1.54) is 7.11 Å². The Morgan fingerprint density at radius 2 is 1.82 bits per heavy atom. The molecule has 2 heterocycles. The summed E-state index contributed by atoms with van der Waals surface area (Å²) in [6.45, 7) is 0. The van der Waals surface area contributed by atoms with Crippen molar-refractivity contribution >= 4 is 34.3 Å². The highest BCUT2D eigenvalue weighted by Gasteiger charge is 2.05. The lowest BCUT2D eigenvalue weighted by Crippen LogP contribution is -2.12. The van der Waals surface area contributed by atoms with Crippen molar-refractivity contribution in [3.05, 3.63) is 48.7 Å². The number of anilines is 3. The van der Waals surface area contributed by atoms with Crippen LogP contribution in [-0.2, 0) is 4.74 Å². The maximum atomic E-state index is 11.1. The number of amides is 1. The molecule has 7 nitrogen and oxygen atoms in total. The molecular formula is C15H13N5O2. The summed E-state index contributed by atoms with van der Waals surface area (Å²) in [5.41, 5.74) is 1.68. The molecule has 22 heavy (non-hydrogen) atoms. The molecule has 0 radical (unpaired) electrons.